The van der Waals surface area contributed by atoms with Crippen molar-refractivity contribution in [3.63, 3.8) is 0 Å². The van der Waals surface area contributed by atoms with Crippen LogP contribution in [0.5, 0.6) is 5.75 Å². The molecule has 1 saturated heterocycles. The van der Waals surface area contributed by atoms with Gasteiger partial charge in [0.25, 0.3) is 0 Å². The van der Waals surface area contributed by atoms with Crippen molar-refractivity contribution in [1.82, 2.24) is 4.90 Å². The summed E-state index contributed by atoms with van der Waals surface area (Å²) in [6.45, 7) is 2.61. The van der Waals surface area contributed by atoms with Crippen LogP contribution < -0.4 is 15.0 Å². The topological polar surface area (TPSA) is 48.0 Å². The second-order valence-corrected chi connectivity index (χ2v) is 8.72. The van der Waals surface area contributed by atoms with Gasteiger partial charge in [0.15, 0.2) is 17.8 Å². The van der Waals surface area contributed by atoms with Gasteiger partial charge in [0, 0.05) is 36.1 Å². The fourth-order valence-electron chi connectivity index (χ4n) is 3.95. The van der Waals surface area contributed by atoms with Gasteiger partial charge in [0.1, 0.15) is 0 Å². The molecule has 162 valence electrons. The SMILES string of the molecule is CN(C)C1CCN(c2ccc(NC(O)c3ccc(OCCC4CC4)c(F)c3)cc2)C1. The highest BCUT2D eigenvalue weighted by atomic mass is 19.1. The minimum absolute atomic E-state index is 0.248. The lowest BCUT2D eigenvalue weighted by Crippen LogP contribution is -2.31. The first-order valence-electron chi connectivity index (χ1n) is 10.9. The zero-order valence-corrected chi connectivity index (χ0v) is 17.9. The van der Waals surface area contributed by atoms with Gasteiger partial charge in [-0.2, -0.15) is 0 Å². The maximum Gasteiger partial charge on any atom is 0.165 e. The molecule has 1 aliphatic heterocycles. The summed E-state index contributed by atoms with van der Waals surface area (Å²) >= 11 is 0. The van der Waals surface area contributed by atoms with Gasteiger partial charge < -0.3 is 25.0 Å². The third kappa shape index (κ3) is 5.24. The third-order valence-corrected chi connectivity index (χ3v) is 6.18. The fraction of sp³-hybridized carbons (Fsp3) is 0.500. The van der Waals surface area contributed by atoms with E-state index in [9.17, 15) is 9.50 Å². The highest BCUT2D eigenvalue weighted by Gasteiger charge is 2.24. The van der Waals surface area contributed by atoms with Crippen LogP contribution in [-0.4, -0.2) is 49.8 Å². The van der Waals surface area contributed by atoms with E-state index in [1.54, 1.807) is 12.1 Å². The minimum atomic E-state index is -0.990. The molecule has 2 aromatic rings. The predicted molar refractivity (Wildman–Crippen MR) is 119 cm³/mol. The number of aliphatic hydroxyl groups is 1. The number of nitrogens with one attached hydrogen (secondary N) is 1. The standard InChI is InChI=1S/C24H32FN3O2/c1-27(2)21-11-13-28(16-21)20-8-6-19(7-9-20)26-24(29)18-5-10-23(22(25)15-18)30-14-12-17-3-4-17/h5-10,15,17,21,24,26,29H,3-4,11-14,16H2,1-2H3. The highest BCUT2D eigenvalue weighted by molar-refractivity contribution is 5.56. The monoisotopic (exact) mass is 413 g/mol. The molecule has 4 rings (SSSR count). The van der Waals surface area contributed by atoms with Crippen LogP contribution in [0.4, 0.5) is 15.8 Å². The van der Waals surface area contributed by atoms with Gasteiger partial charge in [-0.1, -0.05) is 18.9 Å². The predicted octanol–water partition coefficient (Wildman–Crippen LogP) is 4.25. The van der Waals surface area contributed by atoms with Crippen molar-refractivity contribution in [1.29, 1.82) is 0 Å². The van der Waals surface area contributed by atoms with Gasteiger partial charge in [0.2, 0.25) is 0 Å². The van der Waals surface area contributed by atoms with Gasteiger partial charge in [0.05, 0.1) is 6.61 Å². The molecule has 6 heteroatoms. The molecule has 2 N–H and O–H groups in total. The minimum Gasteiger partial charge on any atom is -0.491 e. The number of aliphatic hydroxyl groups excluding tert-OH is 1. The Morgan fingerprint density at radius 1 is 1.17 bits per heavy atom. The fourth-order valence-corrected chi connectivity index (χ4v) is 3.95. The first kappa shape index (κ1) is 20.9. The summed E-state index contributed by atoms with van der Waals surface area (Å²) in [6, 6.07) is 13.2. The number of rotatable bonds is 9. The third-order valence-electron chi connectivity index (χ3n) is 6.18. The van der Waals surface area contributed by atoms with E-state index in [0.717, 1.165) is 37.5 Å². The van der Waals surface area contributed by atoms with E-state index in [4.69, 9.17) is 4.74 Å². The Kier molecular flexibility index (Phi) is 6.44. The molecule has 2 aromatic carbocycles. The second-order valence-electron chi connectivity index (χ2n) is 8.72. The van der Waals surface area contributed by atoms with Crippen molar-refractivity contribution in [2.45, 2.75) is 38.0 Å². The van der Waals surface area contributed by atoms with E-state index >= 15 is 0 Å². The van der Waals surface area contributed by atoms with Crippen LogP contribution in [0, 0.1) is 11.7 Å². The van der Waals surface area contributed by atoms with Crippen LogP contribution in [0.2, 0.25) is 0 Å². The first-order chi connectivity index (χ1) is 14.5. The maximum absolute atomic E-state index is 14.3. The lowest BCUT2D eigenvalue weighted by atomic mass is 10.1. The number of hydrogen-bond acceptors (Lipinski definition) is 5. The van der Waals surface area contributed by atoms with Gasteiger partial charge in [-0.3, -0.25) is 0 Å². The molecule has 0 spiro atoms. The van der Waals surface area contributed by atoms with Gasteiger partial charge in [-0.05, 0) is 69.3 Å². The molecule has 2 fully saturated rings. The Morgan fingerprint density at radius 3 is 2.57 bits per heavy atom. The molecule has 1 heterocycles. The van der Waals surface area contributed by atoms with E-state index in [1.807, 2.05) is 12.1 Å². The lowest BCUT2D eigenvalue weighted by molar-refractivity contribution is 0.207. The number of benzene rings is 2. The molecule has 0 aromatic heterocycles. The zero-order valence-electron chi connectivity index (χ0n) is 17.9. The van der Waals surface area contributed by atoms with Crippen molar-refractivity contribution < 1.29 is 14.2 Å². The molecule has 0 bridgehead atoms. The summed E-state index contributed by atoms with van der Waals surface area (Å²) in [5, 5.41) is 13.5. The molecule has 1 saturated carbocycles. The smallest absolute Gasteiger partial charge is 0.165 e. The molecule has 2 aliphatic rings. The Balaban J connectivity index is 1.32. The quantitative estimate of drug-likeness (QED) is 0.602. The number of likely N-dealkylation sites (N-methyl/N-ethyl adjacent to an activating group) is 1. The van der Waals surface area contributed by atoms with Gasteiger partial charge in [-0.25, -0.2) is 4.39 Å². The van der Waals surface area contributed by atoms with Crippen LogP contribution in [0.25, 0.3) is 0 Å². The number of hydrogen-bond donors (Lipinski definition) is 2. The number of ether oxygens (including phenoxy) is 1. The van der Waals surface area contributed by atoms with Crippen molar-refractivity contribution in [2.75, 3.05) is 44.0 Å². The normalized spacial score (nSPS) is 19.9. The van der Waals surface area contributed by atoms with Gasteiger partial charge >= 0.3 is 0 Å². The molecular formula is C24H32FN3O2. The molecule has 30 heavy (non-hydrogen) atoms. The number of halogens is 1. The largest absolute Gasteiger partial charge is 0.491 e. The molecule has 5 nitrogen and oxygen atoms in total. The van der Waals surface area contributed by atoms with Crippen LogP contribution >= 0.6 is 0 Å². The van der Waals surface area contributed by atoms with Crippen LogP contribution in [0.15, 0.2) is 42.5 Å². The first-order valence-corrected chi connectivity index (χ1v) is 10.9. The Bertz CT molecular complexity index is 839. The second kappa shape index (κ2) is 9.23. The van der Waals surface area contributed by atoms with E-state index in [1.165, 1.54) is 24.6 Å². The summed E-state index contributed by atoms with van der Waals surface area (Å²) < 4.78 is 19.9. The maximum atomic E-state index is 14.3. The lowest BCUT2D eigenvalue weighted by Gasteiger charge is -2.22. The summed E-state index contributed by atoms with van der Waals surface area (Å²) in [6.07, 6.45) is 3.68. The van der Waals surface area contributed by atoms with E-state index < -0.39 is 12.0 Å². The van der Waals surface area contributed by atoms with E-state index in [-0.39, 0.29) is 5.75 Å². The van der Waals surface area contributed by atoms with E-state index in [2.05, 4.69) is 41.3 Å². The zero-order chi connectivity index (χ0) is 21.1. The van der Waals surface area contributed by atoms with Gasteiger partial charge in [-0.15, -0.1) is 0 Å². The van der Waals surface area contributed by atoms with Crippen LogP contribution in [0.3, 0.4) is 0 Å². The molecule has 2 unspecified atom stereocenters. The Labute approximate surface area is 178 Å². The van der Waals surface area contributed by atoms with Crippen molar-refractivity contribution in [2.24, 2.45) is 5.92 Å². The molecule has 1 aliphatic carbocycles. The molecular weight excluding hydrogens is 381 g/mol. The highest BCUT2D eigenvalue weighted by Crippen LogP contribution is 2.32. The van der Waals surface area contributed by atoms with Crippen molar-refractivity contribution >= 4 is 11.4 Å². The van der Waals surface area contributed by atoms with Crippen molar-refractivity contribution in [3.8, 4) is 5.75 Å². The number of nitrogens with zero attached hydrogens (tertiary/aromatic N) is 2. The molecule has 0 amide bonds. The molecule has 0 radical (unpaired) electrons. The van der Waals surface area contributed by atoms with Crippen LogP contribution in [0.1, 0.15) is 37.5 Å². The summed E-state index contributed by atoms with van der Waals surface area (Å²) in [5.41, 5.74) is 2.44. The number of anilines is 2. The summed E-state index contributed by atoms with van der Waals surface area (Å²) in [5.74, 6) is 0.561. The van der Waals surface area contributed by atoms with Crippen molar-refractivity contribution in [3.05, 3.63) is 53.8 Å². The molecule has 2 atom stereocenters. The summed E-state index contributed by atoms with van der Waals surface area (Å²) in [7, 11) is 4.25. The Morgan fingerprint density at radius 2 is 1.93 bits per heavy atom. The Hall–Kier alpha value is -2.31. The van der Waals surface area contributed by atoms with E-state index in [0.29, 0.717) is 18.2 Å². The average Bonchev–Trinajstić information content (AvgIpc) is 3.42. The summed E-state index contributed by atoms with van der Waals surface area (Å²) in [4.78, 5) is 4.65. The van der Waals surface area contributed by atoms with Crippen LogP contribution in [-0.2, 0) is 0 Å². The average molecular weight is 414 g/mol.